The number of hydrogen-bond acceptors (Lipinski definition) is 2. The van der Waals surface area contributed by atoms with Crippen molar-refractivity contribution in [3.05, 3.63) is 64.7 Å². The minimum absolute atomic E-state index is 0.0885. The van der Waals surface area contributed by atoms with Gasteiger partial charge in [-0.05, 0) is 54.7 Å². The van der Waals surface area contributed by atoms with Gasteiger partial charge in [0.2, 0.25) is 5.91 Å². The number of halogens is 1. The maximum atomic E-state index is 11.8. The zero-order valence-electron chi connectivity index (χ0n) is 13.3. The van der Waals surface area contributed by atoms with Crippen LogP contribution in [0.15, 0.2) is 48.5 Å². The van der Waals surface area contributed by atoms with Gasteiger partial charge in [0.1, 0.15) is 5.75 Å². The van der Waals surface area contributed by atoms with Crippen LogP contribution in [0.2, 0.25) is 5.02 Å². The third-order valence-electron chi connectivity index (χ3n) is 3.65. The van der Waals surface area contributed by atoms with E-state index in [1.165, 1.54) is 5.56 Å². The molecule has 0 unspecified atom stereocenters. The van der Waals surface area contributed by atoms with Gasteiger partial charge < -0.3 is 10.1 Å². The van der Waals surface area contributed by atoms with Crippen molar-refractivity contribution in [3.63, 3.8) is 0 Å². The molecule has 0 heterocycles. The highest BCUT2D eigenvalue weighted by Gasteiger charge is 2.02. The second-order valence-corrected chi connectivity index (χ2v) is 5.87. The van der Waals surface area contributed by atoms with Gasteiger partial charge in [-0.25, -0.2) is 0 Å². The molecule has 2 aromatic rings. The van der Waals surface area contributed by atoms with Crippen LogP contribution in [-0.2, 0) is 17.6 Å². The molecule has 0 spiro atoms. The minimum Gasteiger partial charge on any atom is -0.497 e. The average Bonchev–Trinajstić information content (AvgIpc) is 2.58. The molecule has 0 saturated carbocycles. The van der Waals surface area contributed by atoms with Gasteiger partial charge in [-0.2, -0.15) is 0 Å². The standard InChI is InChI=1S/C19H22ClNO2/c1-23-18-6-2-4-16(14-18)5-3-13-21-19(22)12-9-15-7-10-17(20)11-8-15/h2,4,6-8,10-11,14H,3,5,9,12-13H2,1H3,(H,21,22). The molecule has 2 aromatic carbocycles. The fourth-order valence-electron chi connectivity index (χ4n) is 2.35. The van der Waals surface area contributed by atoms with Gasteiger partial charge in [-0.15, -0.1) is 0 Å². The Hall–Kier alpha value is -2.00. The molecule has 0 atom stereocenters. The summed E-state index contributed by atoms with van der Waals surface area (Å²) < 4.78 is 5.20. The monoisotopic (exact) mass is 331 g/mol. The Morgan fingerprint density at radius 3 is 2.61 bits per heavy atom. The summed E-state index contributed by atoms with van der Waals surface area (Å²) in [6, 6.07) is 15.6. The number of rotatable bonds is 8. The summed E-state index contributed by atoms with van der Waals surface area (Å²) >= 11 is 5.84. The zero-order chi connectivity index (χ0) is 16.5. The number of methoxy groups -OCH3 is 1. The van der Waals surface area contributed by atoms with Crippen LogP contribution in [-0.4, -0.2) is 19.6 Å². The predicted molar refractivity (Wildman–Crippen MR) is 94.1 cm³/mol. The first-order chi connectivity index (χ1) is 11.2. The third-order valence-corrected chi connectivity index (χ3v) is 3.90. The highest BCUT2D eigenvalue weighted by molar-refractivity contribution is 6.30. The van der Waals surface area contributed by atoms with Gasteiger partial charge in [0.05, 0.1) is 7.11 Å². The molecule has 0 aromatic heterocycles. The van der Waals surface area contributed by atoms with Crippen LogP contribution in [0, 0.1) is 0 Å². The topological polar surface area (TPSA) is 38.3 Å². The summed E-state index contributed by atoms with van der Waals surface area (Å²) in [6.45, 7) is 0.691. The lowest BCUT2D eigenvalue weighted by Crippen LogP contribution is -2.24. The average molecular weight is 332 g/mol. The molecule has 0 fully saturated rings. The van der Waals surface area contributed by atoms with Gasteiger partial charge in [-0.1, -0.05) is 35.9 Å². The largest absolute Gasteiger partial charge is 0.497 e. The minimum atomic E-state index is 0.0885. The van der Waals surface area contributed by atoms with Crippen LogP contribution in [0.1, 0.15) is 24.0 Å². The smallest absolute Gasteiger partial charge is 0.220 e. The van der Waals surface area contributed by atoms with Crippen LogP contribution in [0.25, 0.3) is 0 Å². The van der Waals surface area contributed by atoms with E-state index in [4.69, 9.17) is 16.3 Å². The Morgan fingerprint density at radius 2 is 1.87 bits per heavy atom. The first-order valence-corrected chi connectivity index (χ1v) is 8.19. The van der Waals surface area contributed by atoms with E-state index in [-0.39, 0.29) is 5.91 Å². The number of ether oxygens (including phenoxy) is 1. The molecular formula is C19H22ClNO2. The van der Waals surface area contributed by atoms with Crippen LogP contribution >= 0.6 is 11.6 Å². The Morgan fingerprint density at radius 1 is 1.09 bits per heavy atom. The molecule has 0 saturated heterocycles. The van der Waals surface area contributed by atoms with E-state index < -0.39 is 0 Å². The Labute approximate surface area is 142 Å². The van der Waals surface area contributed by atoms with Crippen LogP contribution in [0.4, 0.5) is 0 Å². The SMILES string of the molecule is COc1cccc(CCCNC(=O)CCc2ccc(Cl)cc2)c1. The molecule has 0 bridgehead atoms. The van der Waals surface area contributed by atoms with Crippen LogP contribution in [0.3, 0.4) is 0 Å². The second-order valence-electron chi connectivity index (χ2n) is 5.43. The van der Waals surface area contributed by atoms with Crippen molar-refractivity contribution in [1.29, 1.82) is 0 Å². The van der Waals surface area contributed by atoms with E-state index in [0.29, 0.717) is 13.0 Å². The van der Waals surface area contributed by atoms with E-state index in [2.05, 4.69) is 11.4 Å². The number of carbonyl (C=O) groups excluding carboxylic acids is 1. The van der Waals surface area contributed by atoms with Crippen molar-refractivity contribution in [2.75, 3.05) is 13.7 Å². The van der Waals surface area contributed by atoms with Crippen LogP contribution in [0.5, 0.6) is 5.75 Å². The molecule has 0 aliphatic carbocycles. The van der Waals surface area contributed by atoms with Crippen molar-refractivity contribution in [1.82, 2.24) is 5.32 Å². The highest BCUT2D eigenvalue weighted by Crippen LogP contribution is 2.14. The molecule has 1 N–H and O–H groups in total. The van der Waals surface area contributed by atoms with E-state index in [9.17, 15) is 4.79 Å². The number of carbonyl (C=O) groups is 1. The Kier molecular flexibility index (Phi) is 6.95. The lowest BCUT2D eigenvalue weighted by molar-refractivity contribution is -0.121. The summed E-state index contributed by atoms with van der Waals surface area (Å²) in [4.78, 5) is 11.8. The summed E-state index contributed by atoms with van der Waals surface area (Å²) in [6.07, 6.45) is 3.08. The van der Waals surface area contributed by atoms with E-state index in [1.54, 1.807) is 7.11 Å². The fraction of sp³-hybridized carbons (Fsp3) is 0.316. The number of aryl methyl sites for hydroxylation is 2. The first-order valence-electron chi connectivity index (χ1n) is 7.81. The summed E-state index contributed by atoms with van der Waals surface area (Å²) in [5, 5.41) is 3.69. The predicted octanol–water partition coefficient (Wildman–Crippen LogP) is 4.03. The lowest BCUT2D eigenvalue weighted by Gasteiger charge is -2.07. The summed E-state index contributed by atoms with van der Waals surface area (Å²) in [5.74, 6) is 0.958. The second kappa shape index (κ2) is 9.21. The highest BCUT2D eigenvalue weighted by atomic mass is 35.5. The molecule has 0 radical (unpaired) electrons. The summed E-state index contributed by atoms with van der Waals surface area (Å²) in [7, 11) is 1.67. The molecule has 3 nitrogen and oxygen atoms in total. The van der Waals surface area contributed by atoms with Gasteiger partial charge in [0, 0.05) is 18.0 Å². The number of amides is 1. The van der Waals surface area contributed by atoms with Gasteiger partial charge in [-0.3, -0.25) is 4.79 Å². The Bertz CT molecular complexity index is 626. The maximum absolute atomic E-state index is 11.8. The van der Waals surface area contributed by atoms with E-state index >= 15 is 0 Å². The number of benzene rings is 2. The van der Waals surface area contributed by atoms with Gasteiger partial charge in [0.15, 0.2) is 0 Å². The third kappa shape index (κ3) is 6.33. The molecule has 1 amide bonds. The van der Waals surface area contributed by atoms with Crippen LogP contribution < -0.4 is 10.1 Å². The quantitative estimate of drug-likeness (QED) is 0.742. The molecule has 23 heavy (non-hydrogen) atoms. The Balaban J connectivity index is 1.63. The maximum Gasteiger partial charge on any atom is 0.220 e. The van der Waals surface area contributed by atoms with Crippen molar-refractivity contribution in [2.45, 2.75) is 25.7 Å². The summed E-state index contributed by atoms with van der Waals surface area (Å²) in [5.41, 5.74) is 2.35. The van der Waals surface area contributed by atoms with Gasteiger partial charge in [0.25, 0.3) is 0 Å². The van der Waals surface area contributed by atoms with E-state index in [1.807, 2.05) is 42.5 Å². The van der Waals surface area contributed by atoms with Crippen molar-refractivity contribution >= 4 is 17.5 Å². The molecule has 122 valence electrons. The molecule has 0 aliphatic rings. The molecule has 4 heteroatoms. The van der Waals surface area contributed by atoms with Gasteiger partial charge >= 0.3 is 0 Å². The van der Waals surface area contributed by atoms with E-state index in [0.717, 1.165) is 35.6 Å². The molecular weight excluding hydrogens is 310 g/mol. The number of nitrogens with one attached hydrogen (secondary N) is 1. The fourth-order valence-corrected chi connectivity index (χ4v) is 2.47. The zero-order valence-corrected chi connectivity index (χ0v) is 14.1. The molecule has 0 aliphatic heterocycles. The molecule has 2 rings (SSSR count). The van der Waals surface area contributed by atoms with Crippen molar-refractivity contribution in [3.8, 4) is 5.75 Å². The normalized spacial score (nSPS) is 10.3. The van der Waals surface area contributed by atoms with Crippen molar-refractivity contribution in [2.24, 2.45) is 0 Å². The number of hydrogen-bond donors (Lipinski definition) is 1. The lowest BCUT2D eigenvalue weighted by atomic mass is 10.1. The first kappa shape index (κ1) is 17.4. The van der Waals surface area contributed by atoms with Crippen molar-refractivity contribution < 1.29 is 9.53 Å².